The Morgan fingerprint density at radius 3 is 2.79 bits per heavy atom. The molecule has 0 spiro atoms. The van der Waals surface area contributed by atoms with Crippen LogP contribution in [0.15, 0.2) is 36.5 Å². The molecule has 0 unspecified atom stereocenters. The van der Waals surface area contributed by atoms with Crippen molar-refractivity contribution in [3.8, 4) is 0 Å². The molecular weight excluding hydrogens is 262 g/mol. The molecule has 3 nitrogen and oxygen atoms in total. The maximum Gasteiger partial charge on any atom is 0.338 e. The number of esters is 1. The summed E-state index contributed by atoms with van der Waals surface area (Å²) in [6, 6.07) is 9.11. The summed E-state index contributed by atoms with van der Waals surface area (Å²) in [6.45, 7) is 3.99. The molecule has 0 amide bonds. The van der Waals surface area contributed by atoms with Gasteiger partial charge in [-0.05, 0) is 37.1 Å². The first-order valence-corrected chi connectivity index (χ1v) is 6.30. The van der Waals surface area contributed by atoms with Crippen LogP contribution in [-0.2, 0) is 11.3 Å². The van der Waals surface area contributed by atoms with Gasteiger partial charge >= 0.3 is 5.97 Å². The number of carbonyl (C=O) groups is 1. The average molecular weight is 276 g/mol. The predicted octanol–water partition coefficient (Wildman–Crippen LogP) is 3.71. The molecule has 0 aliphatic heterocycles. The molecule has 0 fully saturated rings. The summed E-state index contributed by atoms with van der Waals surface area (Å²) >= 11 is 5.91. The van der Waals surface area contributed by atoms with E-state index in [1.54, 1.807) is 24.4 Å². The number of ether oxygens (including phenoxy) is 1. The third kappa shape index (κ3) is 3.12. The third-order valence-electron chi connectivity index (χ3n) is 3.02. The summed E-state index contributed by atoms with van der Waals surface area (Å²) in [5.74, 6) is -0.346. The van der Waals surface area contributed by atoms with Crippen LogP contribution in [0.1, 0.15) is 27.0 Å². The Hall–Kier alpha value is -1.87. The minimum absolute atomic E-state index is 0.124. The van der Waals surface area contributed by atoms with Crippen LogP contribution in [-0.4, -0.2) is 11.0 Å². The molecule has 0 N–H and O–H groups in total. The summed E-state index contributed by atoms with van der Waals surface area (Å²) in [6.07, 6.45) is 1.60. The van der Waals surface area contributed by atoms with Crippen molar-refractivity contribution >= 4 is 17.6 Å². The van der Waals surface area contributed by atoms with Gasteiger partial charge in [0.2, 0.25) is 0 Å². The molecule has 98 valence electrons. The van der Waals surface area contributed by atoms with Gasteiger partial charge in [-0.3, -0.25) is 0 Å². The summed E-state index contributed by atoms with van der Waals surface area (Å²) in [5, 5.41) is 0.358. The lowest BCUT2D eigenvalue weighted by Crippen LogP contribution is -2.08. The van der Waals surface area contributed by atoms with Crippen LogP contribution in [0.25, 0.3) is 0 Å². The summed E-state index contributed by atoms with van der Waals surface area (Å²) < 4.78 is 5.27. The van der Waals surface area contributed by atoms with E-state index in [4.69, 9.17) is 16.3 Å². The van der Waals surface area contributed by atoms with Crippen molar-refractivity contribution in [1.29, 1.82) is 0 Å². The number of pyridine rings is 1. The normalized spacial score (nSPS) is 10.3. The van der Waals surface area contributed by atoms with E-state index in [9.17, 15) is 4.79 Å². The lowest BCUT2D eigenvalue weighted by Gasteiger charge is -2.09. The summed E-state index contributed by atoms with van der Waals surface area (Å²) in [7, 11) is 0. The van der Waals surface area contributed by atoms with E-state index in [1.807, 2.05) is 26.0 Å². The molecule has 1 aromatic heterocycles. The second-order valence-corrected chi connectivity index (χ2v) is 4.63. The first-order chi connectivity index (χ1) is 9.09. The van der Waals surface area contributed by atoms with E-state index < -0.39 is 0 Å². The van der Waals surface area contributed by atoms with Crippen LogP contribution in [0.4, 0.5) is 0 Å². The van der Waals surface area contributed by atoms with Gasteiger partial charge in [-0.1, -0.05) is 29.8 Å². The molecule has 19 heavy (non-hydrogen) atoms. The lowest BCUT2D eigenvalue weighted by molar-refractivity contribution is 0.0471. The molecule has 0 bridgehead atoms. The number of benzene rings is 1. The number of hydrogen-bond acceptors (Lipinski definition) is 3. The van der Waals surface area contributed by atoms with Crippen LogP contribution in [0.2, 0.25) is 5.15 Å². The molecule has 1 aromatic carbocycles. The smallest absolute Gasteiger partial charge is 0.338 e. The van der Waals surface area contributed by atoms with Crippen LogP contribution < -0.4 is 0 Å². The van der Waals surface area contributed by atoms with Gasteiger partial charge < -0.3 is 4.74 Å². The first kappa shape index (κ1) is 13.6. The zero-order valence-electron chi connectivity index (χ0n) is 10.8. The van der Waals surface area contributed by atoms with E-state index in [2.05, 4.69) is 4.98 Å². The van der Waals surface area contributed by atoms with Crippen molar-refractivity contribution in [2.75, 3.05) is 0 Å². The first-order valence-electron chi connectivity index (χ1n) is 5.92. The van der Waals surface area contributed by atoms with Crippen LogP contribution in [0, 0.1) is 13.8 Å². The van der Waals surface area contributed by atoms with Gasteiger partial charge in [-0.15, -0.1) is 0 Å². The number of aryl methyl sites for hydroxylation is 1. The van der Waals surface area contributed by atoms with Crippen molar-refractivity contribution < 1.29 is 9.53 Å². The van der Waals surface area contributed by atoms with E-state index in [0.29, 0.717) is 16.3 Å². The fourth-order valence-corrected chi connectivity index (χ4v) is 1.89. The zero-order valence-corrected chi connectivity index (χ0v) is 11.6. The Kier molecular flexibility index (Phi) is 4.17. The number of nitrogens with zero attached hydrogens (tertiary/aromatic N) is 1. The van der Waals surface area contributed by atoms with Crippen LogP contribution >= 0.6 is 11.6 Å². The van der Waals surface area contributed by atoms with Gasteiger partial charge in [-0.25, -0.2) is 9.78 Å². The van der Waals surface area contributed by atoms with Crippen molar-refractivity contribution in [3.63, 3.8) is 0 Å². The molecule has 0 atom stereocenters. The maximum atomic E-state index is 12.0. The molecule has 0 aliphatic carbocycles. The summed E-state index contributed by atoms with van der Waals surface area (Å²) in [4.78, 5) is 16.0. The molecule has 0 saturated carbocycles. The number of hydrogen-bond donors (Lipinski definition) is 0. The van der Waals surface area contributed by atoms with Gasteiger partial charge in [0.25, 0.3) is 0 Å². The standard InChI is InChI=1S/C15H14ClNO2/c1-10-5-3-7-13(11(10)2)15(18)19-9-12-6-4-8-17-14(12)16/h3-8H,9H2,1-2H3. The summed E-state index contributed by atoms with van der Waals surface area (Å²) in [5.41, 5.74) is 3.28. The van der Waals surface area contributed by atoms with E-state index >= 15 is 0 Å². The van der Waals surface area contributed by atoms with E-state index in [-0.39, 0.29) is 12.6 Å². The average Bonchev–Trinajstić information content (AvgIpc) is 2.40. The Bertz CT molecular complexity index is 611. The van der Waals surface area contributed by atoms with Gasteiger partial charge in [0.1, 0.15) is 11.8 Å². The topological polar surface area (TPSA) is 39.2 Å². The van der Waals surface area contributed by atoms with Crippen molar-refractivity contribution in [2.24, 2.45) is 0 Å². The third-order valence-corrected chi connectivity index (χ3v) is 3.36. The van der Waals surface area contributed by atoms with Crippen molar-refractivity contribution in [2.45, 2.75) is 20.5 Å². The largest absolute Gasteiger partial charge is 0.457 e. The molecule has 4 heteroatoms. The molecule has 0 aliphatic rings. The highest BCUT2D eigenvalue weighted by Crippen LogP contribution is 2.16. The van der Waals surface area contributed by atoms with Gasteiger partial charge in [0.15, 0.2) is 0 Å². The minimum Gasteiger partial charge on any atom is -0.457 e. The molecular formula is C15H14ClNO2. The molecule has 2 rings (SSSR count). The van der Waals surface area contributed by atoms with Gasteiger partial charge in [-0.2, -0.15) is 0 Å². The second kappa shape index (κ2) is 5.85. The molecule has 2 aromatic rings. The second-order valence-electron chi connectivity index (χ2n) is 4.28. The highest BCUT2D eigenvalue weighted by Gasteiger charge is 2.12. The Balaban J connectivity index is 2.10. The SMILES string of the molecule is Cc1cccc(C(=O)OCc2cccnc2Cl)c1C. The Morgan fingerprint density at radius 1 is 1.26 bits per heavy atom. The molecule has 0 saturated heterocycles. The Morgan fingerprint density at radius 2 is 2.05 bits per heavy atom. The number of halogens is 1. The number of rotatable bonds is 3. The zero-order chi connectivity index (χ0) is 13.8. The fraction of sp³-hybridized carbons (Fsp3) is 0.200. The van der Waals surface area contributed by atoms with Gasteiger partial charge in [0, 0.05) is 11.8 Å². The van der Waals surface area contributed by atoms with Crippen LogP contribution in [0.5, 0.6) is 0 Å². The molecule has 1 heterocycles. The van der Waals surface area contributed by atoms with E-state index in [1.165, 1.54) is 0 Å². The highest BCUT2D eigenvalue weighted by atomic mass is 35.5. The maximum absolute atomic E-state index is 12.0. The highest BCUT2D eigenvalue weighted by molar-refractivity contribution is 6.30. The monoisotopic (exact) mass is 275 g/mol. The number of aromatic nitrogens is 1. The minimum atomic E-state index is -0.346. The molecule has 0 radical (unpaired) electrons. The Labute approximate surface area is 117 Å². The van der Waals surface area contributed by atoms with Gasteiger partial charge in [0.05, 0.1) is 5.56 Å². The van der Waals surface area contributed by atoms with Crippen LogP contribution in [0.3, 0.4) is 0 Å². The van der Waals surface area contributed by atoms with E-state index in [0.717, 1.165) is 11.1 Å². The quantitative estimate of drug-likeness (QED) is 0.633. The fourth-order valence-electron chi connectivity index (χ4n) is 1.72. The lowest BCUT2D eigenvalue weighted by atomic mass is 10.0. The van der Waals surface area contributed by atoms with Crippen molar-refractivity contribution in [1.82, 2.24) is 4.98 Å². The number of carbonyl (C=O) groups excluding carboxylic acids is 1. The van der Waals surface area contributed by atoms with Crippen molar-refractivity contribution in [3.05, 3.63) is 63.9 Å². The predicted molar refractivity (Wildman–Crippen MR) is 74.3 cm³/mol.